The van der Waals surface area contributed by atoms with Gasteiger partial charge in [0, 0.05) is 17.8 Å². The summed E-state index contributed by atoms with van der Waals surface area (Å²) < 4.78 is 0. The summed E-state index contributed by atoms with van der Waals surface area (Å²) in [6.45, 7) is 3.45. The second-order valence-corrected chi connectivity index (χ2v) is 4.85. The van der Waals surface area contributed by atoms with E-state index in [9.17, 15) is 5.11 Å². The number of hydrogen-bond acceptors (Lipinski definition) is 3. The Bertz CT molecular complexity index is 338. The van der Waals surface area contributed by atoms with E-state index >= 15 is 0 Å². The van der Waals surface area contributed by atoms with Gasteiger partial charge in [0.05, 0.1) is 0 Å². The SMILES string of the molecule is CC(C)(O)c1nccc(C2CCCC2)n1. The van der Waals surface area contributed by atoms with Crippen LogP contribution in [0.3, 0.4) is 0 Å². The maximum absolute atomic E-state index is 9.83. The maximum atomic E-state index is 9.83. The molecule has 82 valence electrons. The molecule has 0 aliphatic heterocycles. The summed E-state index contributed by atoms with van der Waals surface area (Å²) >= 11 is 0. The summed E-state index contributed by atoms with van der Waals surface area (Å²) in [4.78, 5) is 8.59. The molecule has 0 unspecified atom stereocenters. The molecule has 0 amide bonds. The Hall–Kier alpha value is -0.960. The number of hydrogen-bond donors (Lipinski definition) is 1. The quantitative estimate of drug-likeness (QED) is 0.808. The van der Waals surface area contributed by atoms with Gasteiger partial charge in [-0.1, -0.05) is 12.8 Å². The fourth-order valence-electron chi connectivity index (χ4n) is 2.12. The highest BCUT2D eigenvalue weighted by Crippen LogP contribution is 2.33. The van der Waals surface area contributed by atoms with Crippen LogP contribution in [0.25, 0.3) is 0 Å². The Morgan fingerprint density at radius 3 is 2.60 bits per heavy atom. The minimum Gasteiger partial charge on any atom is -0.382 e. The van der Waals surface area contributed by atoms with Crippen LogP contribution in [0.2, 0.25) is 0 Å². The third-order valence-electron chi connectivity index (χ3n) is 3.00. The van der Waals surface area contributed by atoms with Crippen molar-refractivity contribution in [2.75, 3.05) is 0 Å². The first-order valence-electron chi connectivity index (χ1n) is 5.63. The first-order valence-corrected chi connectivity index (χ1v) is 5.63. The molecule has 1 fully saturated rings. The van der Waals surface area contributed by atoms with Crippen molar-refractivity contribution in [2.45, 2.75) is 51.0 Å². The van der Waals surface area contributed by atoms with Crippen molar-refractivity contribution in [2.24, 2.45) is 0 Å². The van der Waals surface area contributed by atoms with Crippen molar-refractivity contribution in [1.82, 2.24) is 9.97 Å². The molecule has 1 aromatic rings. The van der Waals surface area contributed by atoms with E-state index in [1.807, 2.05) is 6.07 Å². The summed E-state index contributed by atoms with van der Waals surface area (Å²) in [6.07, 6.45) is 6.80. The average Bonchev–Trinajstić information content (AvgIpc) is 2.69. The topological polar surface area (TPSA) is 46.0 Å². The number of aromatic nitrogens is 2. The van der Waals surface area contributed by atoms with E-state index in [2.05, 4.69) is 9.97 Å². The molecule has 1 aromatic heterocycles. The fourth-order valence-corrected chi connectivity index (χ4v) is 2.12. The molecule has 0 aromatic carbocycles. The van der Waals surface area contributed by atoms with E-state index in [0.717, 1.165) is 5.69 Å². The largest absolute Gasteiger partial charge is 0.382 e. The molecule has 1 saturated carbocycles. The van der Waals surface area contributed by atoms with Gasteiger partial charge in [-0.3, -0.25) is 0 Å². The van der Waals surface area contributed by atoms with Crippen LogP contribution in [0.5, 0.6) is 0 Å². The predicted octanol–water partition coefficient (Wildman–Crippen LogP) is 2.36. The average molecular weight is 206 g/mol. The molecule has 15 heavy (non-hydrogen) atoms. The van der Waals surface area contributed by atoms with Crippen LogP contribution in [0.15, 0.2) is 12.3 Å². The van der Waals surface area contributed by atoms with E-state index in [1.165, 1.54) is 25.7 Å². The van der Waals surface area contributed by atoms with E-state index in [1.54, 1.807) is 20.0 Å². The summed E-state index contributed by atoms with van der Waals surface area (Å²) in [6, 6.07) is 1.98. The molecule has 0 spiro atoms. The Morgan fingerprint density at radius 1 is 1.33 bits per heavy atom. The van der Waals surface area contributed by atoms with Crippen LogP contribution in [0.1, 0.15) is 57.0 Å². The first-order chi connectivity index (χ1) is 7.07. The molecular weight excluding hydrogens is 188 g/mol. The van der Waals surface area contributed by atoms with E-state index < -0.39 is 5.60 Å². The molecule has 2 rings (SSSR count). The normalized spacial score (nSPS) is 18.3. The summed E-state index contributed by atoms with van der Waals surface area (Å²) in [7, 11) is 0. The van der Waals surface area contributed by atoms with Crippen LogP contribution in [-0.4, -0.2) is 15.1 Å². The van der Waals surface area contributed by atoms with Crippen molar-refractivity contribution in [1.29, 1.82) is 0 Å². The van der Waals surface area contributed by atoms with E-state index in [0.29, 0.717) is 11.7 Å². The van der Waals surface area contributed by atoms with E-state index in [-0.39, 0.29) is 0 Å². The van der Waals surface area contributed by atoms with Gasteiger partial charge >= 0.3 is 0 Å². The lowest BCUT2D eigenvalue weighted by molar-refractivity contribution is 0.0683. The minimum absolute atomic E-state index is 0.534. The van der Waals surface area contributed by atoms with Gasteiger partial charge in [-0.2, -0.15) is 0 Å². The zero-order valence-corrected chi connectivity index (χ0v) is 9.40. The molecule has 1 aliphatic carbocycles. The number of aliphatic hydroxyl groups is 1. The van der Waals surface area contributed by atoms with Gasteiger partial charge in [0.1, 0.15) is 5.60 Å². The lowest BCUT2D eigenvalue weighted by Crippen LogP contribution is -2.20. The van der Waals surface area contributed by atoms with Crippen LogP contribution in [-0.2, 0) is 5.60 Å². The van der Waals surface area contributed by atoms with Gasteiger partial charge in [-0.05, 0) is 32.8 Å². The van der Waals surface area contributed by atoms with Crippen LogP contribution in [0.4, 0.5) is 0 Å². The molecule has 3 heteroatoms. The molecule has 0 bridgehead atoms. The zero-order chi connectivity index (χ0) is 10.9. The minimum atomic E-state index is -0.936. The van der Waals surface area contributed by atoms with Crippen LogP contribution in [0, 0.1) is 0 Å². The summed E-state index contributed by atoms with van der Waals surface area (Å²) in [5.41, 5.74) is 0.161. The second-order valence-electron chi connectivity index (χ2n) is 4.85. The second kappa shape index (κ2) is 3.89. The first kappa shape index (κ1) is 10.6. The Kier molecular flexibility index (Phi) is 2.74. The van der Waals surface area contributed by atoms with Crippen molar-refractivity contribution in [3.8, 4) is 0 Å². The molecule has 0 saturated heterocycles. The van der Waals surface area contributed by atoms with Crippen molar-refractivity contribution >= 4 is 0 Å². The highest BCUT2D eigenvalue weighted by Gasteiger charge is 2.23. The molecule has 0 atom stereocenters. The Labute approximate surface area is 90.6 Å². The maximum Gasteiger partial charge on any atom is 0.159 e. The molecule has 1 heterocycles. The van der Waals surface area contributed by atoms with Gasteiger partial charge in [0.15, 0.2) is 5.82 Å². The highest BCUT2D eigenvalue weighted by molar-refractivity contribution is 5.12. The van der Waals surface area contributed by atoms with Gasteiger partial charge in [0.25, 0.3) is 0 Å². The third-order valence-corrected chi connectivity index (χ3v) is 3.00. The zero-order valence-electron chi connectivity index (χ0n) is 9.40. The summed E-state index contributed by atoms with van der Waals surface area (Å²) in [5.74, 6) is 1.11. The lowest BCUT2D eigenvalue weighted by Gasteiger charge is -2.17. The standard InChI is InChI=1S/C12H18N2O/c1-12(2,15)11-13-8-7-10(14-11)9-5-3-4-6-9/h7-9,15H,3-6H2,1-2H3. The predicted molar refractivity (Wildman–Crippen MR) is 58.5 cm³/mol. The van der Waals surface area contributed by atoms with Gasteiger partial charge < -0.3 is 5.11 Å². The Balaban J connectivity index is 2.26. The molecule has 0 radical (unpaired) electrons. The molecule has 3 nitrogen and oxygen atoms in total. The van der Waals surface area contributed by atoms with Gasteiger partial charge in [-0.15, -0.1) is 0 Å². The lowest BCUT2D eigenvalue weighted by atomic mass is 10.0. The van der Waals surface area contributed by atoms with Gasteiger partial charge in [0.2, 0.25) is 0 Å². The van der Waals surface area contributed by atoms with Crippen molar-refractivity contribution < 1.29 is 5.11 Å². The fraction of sp³-hybridized carbons (Fsp3) is 0.667. The smallest absolute Gasteiger partial charge is 0.159 e. The van der Waals surface area contributed by atoms with Crippen LogP contribution < -0.4 is 0 Å². The number of rotatable bonds is 2. The monoisotopic (exact) mass is 206 g/mol. The van der Waals surface area contributed by atoms with E-state index in [4.69, 9.17) is 0 Å². The molecule has 1 N–H and O–H groups in total. The third kappa shape index (κ3) is 2.34. The van der Waals surface area contributed by atoms with Crippen molar-refractivity contribution in [3.05, 3.63) is 23.8 Å². The van der Waals surface area contributed by atoms with Gasteiger partial charge in [-0.25, -0.2) is 9.97 Å². The molecular formula is C12H18N2O. The summed E-state index contributed by atoms with van der Waals surface area (Å²) in [5, 5.41) is 9.83. The van der Waals surface area contributed by atoms with Crippen LogP contribution >= 0.6 is 0 Å². The highest BCUT2D eigenvalue weighted by atomic mass is 16.3. The Morgan fingerprint density at radius 2 is 2.00 bits per heavy atom. The van der Waals surface area contributed by atoms with Crippen molar-refractivity contribution in [3.63, 3.8) is 0 Å². The number of nitrogens with zero attached hydrogens (tertiary/aromatic N) is 2. The molecule has 1 aliphatic rings.